The van der Waals surface area contributed by atoms with Crippen molar-refractivity contribution in [3.63, 3.8) is 0 Å². The maximum absolute atomic E-state index is 12.1. The van der Waals surface area contributed by atoms with Gasteiger partial charge in [-0.05, 0) is 31.9 Å². The molecule has 0 bridgehead atoms. The van der Waals surface area contributed by atoms with E-state index in [1.165, 1.54) is 18.1 Å². The van der Waals surface area contributed by atoms with Gasteiger partial charge in [0, 0.05) is 18.0 Å². The number of aromatic nitrogens is 2. The second-order valence-electron chi connectivity index (χ2n) is 6.06. The summed E-state index contributed by atoms with van der Waals surface area (Å²) in [5.74, 6) is -0.321. The van der Waals surface area contributed by atoms with Crippen LogP contribution in [-0.4, -0.2) is 40.6 Å². The van der Waals surface area contributed by atoms with Crippen molar-refractivity contribution in [3.8, 4) is 0 Å². The molecule has 1 aromatic heterocycles. The van der Waals surface area contributed by atoms with Crippen LogP contribution >= 0.6 is 11.8 Å². The van der Waals surface area contributed by atoms with Gasteiger partial charge in [0.15, 0.2) is 5.03 Å². The van der Waals surface area contributed by atoms with Crippen molar-refractivity contribution in [2.75, 3.05) is 24.6 Å². The normalized spacial score (nSPS) is 16.8. The molecule has 0 N–H and O–H groups in total. The Labute approximate surface area is 161 Å². The summed E-state index contributed by atoms with van der Waals surface area (Å²) < 4.78 is 5.11. The molecule has 1 atom stereocenters. The van der Waals surface area contributed by atoms with Crippen LogP contribution in [0, 0.1) is 16.0 Å². The molecule has 142 valence electrons. The molecule has 1 aliphatic heterocycles. The lowest BCUT2D eigenvalue weighted by atomic mass is 9.98. The average molecular weight is 388 g/mol. The summed E-state index contributed by atoms with van der Waals surface area (Å²) in [4.78, 5) is 34.4. The fourth-order valence-corrected chi connectivity index (χ4v) is 3.92. The third-order valence-electron chi connectivity index (χ3n) is 4.25. The first-order chi connectivity index (χ1) is 13.1. The minimum atomic E-state index is -0.450. The zero-order valence-electron chi connectivity index (χ0n) is 14.9. The van der Waals surface area contributed by atoms with Gasteiger partial charge >= 0.3 is 11.7 Å². The lowest BCUT2D eigenvalue weighted by molar-refractivity contribution is -0.387. The summed E-state index contributed by atoms with van der Waals surface area (Å²) in [5, 5.41) is 12.1. The van der Waals surface area contributed by atoms with Gasteiger partial charge in [-0.3, -0.25) is 14.9 Å². The van der Waals surface area contributed by atoms with Crippen LogP contribution < -0.4 is 4.90 Å². The number of esters is 1. The van der Waals surface area contributed by atoms with Crippen LogP contribution in [0.15, 0.2) is 46.6 Å². The number of carbonyl (C=O) groups excluding carboxylic acids is 1. The molecule has 8 nitrogen and oxygen atoms in total. The Hall–Kier alpha value is -2.68. The molecule has 1 aromatic carbocycles. The van der Waals surface area contributed by atoms with Gasteiger partial charge in [0.25, 0.3) is 0 Å². The average Bonchev–Trinajstić information content (AvgIpc) is 2.68. The maximum atomic E-state index is 12.1. The Balaban J connectivity index is 1.89. The lowest BCUT2D eigenvalue weighted by Crippen LogP contribution is -2.40. The van der Waals surface area contributed by atoms with Crippen LogP contribution in [0.5, 0.6) is 0 Å². The molecule has 0 aliphatic carbocycles. The monoisotopic (exact) mass is 388 g/mol. The Morgan fingerprint density at radius 2 is 2.15 bits per heavy atom. The van der Waals surface area contributed by atoms with E-state index in [0.29, 0.717) is 26.1 Å². The fourth-order valence-electron chi connectivity index (χ4n) is 3.04. The van der Waals surface area contributed by atoms with Gasteiger partial charge in [0.05, 0.1) is 17.4 Å². The standard InChI is InChI=1S/C18H20N4O4S/c1-2-26-18(23)13-7-6-10-21(11-13)16-15(22(24)25)17(20-12-19-16)27-14-8-4-3-5-9-14/h3-5,8-9,12-13H,2,6-7,10-11H2,1H3. The van der Waals surface area contributed by atoms with Gasteiger partial charge in [-0.15, -0.1) is 0 Å². The molecule has 1 unspecified atom stereocenters. The second kappa shape index (κ2) is 8.81. The zero-order valence-corrected chi connectivity index (χ0v) is 15.7. The number of carbonyl (C=O) groups is 1. The number of piperidine rings is 1. The first kappa shape index (κ1) is 19.1. The Morgan fingerprint density at radius 3 is 2.85 bits per heavy atom. The van der Waals surface area contributed by atoms with Crippen molar-refractivity contribution in [3.05, 3.63) is 46.8 Å². The molecule has 27 heavy (non-hydrogen) atoms. The summed E-state index contributed by atoms with van der Waals surface area (Å²) in [6, 6.07) is 9.35. The molecule has 0 saturated carbocycles. The van der Waals surface area contributed by atoms with Crippen LogP contribution in [0.1, 0.15) is 19.8 Å². The molecule has 0 spiro atoms. The van der Waals surface area contributed by atoms with Crippen LogP contribution in [-0.2, 0) is 9.53 Å². The SMILES string of the molecule is CCOC(=O)C1CCCN(c2ncnc(Sc3ccccc3)c2[N+](=O)[O-])C1. The van der Waals surface area contributed by atoms with Crippen molar-refractivity contribution >= 4 is 29.2 Å². The topological polar surface area (TPSA) is 98.5 Å². The minimum absolute atomic E-state index is 0.129. The molecule has 3 rings (SSSR count). The molecule has 2 aromatic rings. The predicted molar refractivity (Wildman–Crippen MR) is 101 cm³/mol. The second-order valence-corrected chi connectivity index (χ2v) is 7.12. The highest BCUT2D eigenvalue weighted by atomic mass is 32.2. The molecule has 0 amide bonds. The van der Waals surface area contributed by atoms with Gasteiger partial charge in [0.1, 0.15) is 6.33 Å². The number of rotatable bonds is 6. The molecular weight excluding hydrogens is 368 g/mol. The number of hydrogen-bond acceptors (Lipinski definition) is 8. The lowest BCUT2D eigenvalue weighted by Gasteiger charge is -2.32. The molecule has 1 aliphatic rings. The van der Waals surface area contributed by atoms with Gasteiger partial charge in [0.2, 0.25) is 5.82 Å². The first-order valence-electron chi connectivity index (χ1n) is 8.74. The highest BCUT2D eigenvalue weighted by Crippen LogP contribution is 2.39. The third-order valence-corrected chi connectivity index (χ3v) is 5.25. The van der Waals surface area contributed by atoms with E-state index in [-0.39, 0.29) is 28.4 Å². The van der Waals surface area contributed by atoms with Crippen LogP contribution in [0.2, 0.25) is 0 Å². The number of hydrogen-bond donors (Lipinski definition) is 0. The van der Waals surface area contributed by atoms with E-state index < -0.39 is 4.92 Å². The van der Waals surface area contributed by atoms with E-state index in [9.17, 15) is 14.9 Å². The van der Waals surface area contributed by atoms with Crippen molar-refractivity contribution < 1.29 is 14.5 Å². The van der Waals surface area contributed by atoms with E-state index in [1.807, 2.05) is 30.3 Å². The molecule has 2 heterocycles. The van der Waals surface area contributed by atoms with Crippen molar-refractivity contribution in [1.82, 2.24) is 9.97 Å². The number of anilines is 1. The summed E-state index contributed by atoms with van der Waals surface area (Å²) in [6.45, 7) is 3.04. The van der Waals surface area contributed by atoms with Crippen molar-refractivity contribution in [2.45, 2.75) is 29.7 Å². The molecule has 9 heteroatoms. The molecule has 1 fully saturated rings. The highest BCUT2D eigenvalue weighted by Gasteiger charge is 2.33. The molecular formula is C18H20N4O4S. The third kappa shape index (κ3) is 4.54. The molecule has 1 saturated heterocycles. The van der Waals surface area contributed by atoms with Crippen LogP contribution in [0.25, 0.3) is 0 Å². The Kier molecular flexibility index (Phi) is 6.23. The number of nitrogens with zero attached hydrogens (tertiary/aromatic N) is 4. The smallest absolute Gasteiger partial charge is 0.343 e. The number of nitro groups is 1. The van der Waals surface area contributed by atoms with Gasteiger partial charge in [-0.25, -0.2) is 9.97 Å². The van der Waals surface area contributed by atoms with E-state index in [4.69, 9.17) is 4.74 Å². The van der Waals surface area contributed by atoms with E-state index in [2.05, 4.69) is 9.97 Å². The largest absolute Gasteiger partial charge is 0.466 e. The predicted octanol–water partition coefficient (Wildman–Crippen LogP) is 3.32. The quantitative estimate of drug-likeness (QED) is 0.322. The van der Waals surface area contributed by atoms with Crippen LogP contribution in [0.4, 0.5) is 11.5 Å². The van der Waals surface area contributed by atoms with E-state index in [0.717, 1.165) is 11.3 Å². The summed E-state index contributed by atoms with van der Waals surface area (Å²) in [7, 11) is 0. The van der Waals surface area contributed by atoms with Crippen molar-refractivity contribution in [2.24, 2.45) is 5.92 Å². The fraction of sp³-hybridized carbons (Fsp3) is 0.389. The summed E-state index contributed by atoms with van der Waals surface area (Å²) >= 11 is 1.22. The van der Waals surface area contributed by atoms with Crippen molar-refractivity contribution in [1.29, 1.82) is 0 Å². The highest BCUT2D eigenvalue weighted by molar-refractivity contribution is 7.99. The van der Waals surface area contributed by atoms with Gasteiger partial charge in [-0.2, -0.15) is 0 Å². The summed E-state index contributed by atoms with van der Waals surface area (Å²) in [5.41, 5.74) is -0.129. The Bertz CT molecular complexity index is 818. The zero-order chi connectivity index (χ0) is 19.2. The first-order valence-corrected chi connectivity index (χ1v) is 9.55. The van der Waals surface area contributed by atoms with E-state index >= 15 is 0 Å². The Morgan fingerprint density at radius 1 is 1.37 bits per heavy atom. The number of ether oxygens (including phenoxy) is 1. The van der Waals surface area contributed by atoms with Gasteiger partial charge < -0.3 is 9.64 Å². The minimum Gasteiger partial charge on any atom is -0.466 e. The number of benzene rings is 1. The molecule has 0 radical (unpaired) electrons. The summed E-state index contributed by atoms with van der Waals surface area (Å²) in [6.07, 6.45) is 2.78. The van der Waals surface area contributed by atoms with Gasteiger partial charge in [-0.1, -0.05) is 30.0 Å². The van der Waals surface area contributed by atoms with Crippen LogP contribution in [0.3, 0.4) is 0 Å². The maximum Gasteiger partial charge on any atom is 0.343 e. The van der Waals surface area contributed by atoms with E-state index in [1.54, 1.807) is 11.8 Å².